The van der Waals surface area contributed by atoms with Crippen molar-refractivity contribution >= 4 is 36.4 Å². The Balaban J connectivity index is 1.64. The molecule has 2 amide bonds. The molecule has 0 unspecified atom stereocenters. The number of hydrogen-bond donors (Lipinski definition) is 0. The van der Waals surface area contributed by atoms with Crippen molar-refractivity contribution in [3.63, 3.8) is 0 Å². The van der Waals surface area contributed by atoms with Crippen molar-refractivity contribution in [2.24, 2.45) is 21.7 Å². The van der Waals surface area contributed by atoms with Gasteiger partial charge in [0.15, 0.2) is 0 Å². The van der Waals surface area contributed by atoms with E-state index in [4.69, 9.17) is 36.2 Å². The van der Waals surface area contributed by atoms with Crippen molar-refractivity contribution in [2.45, 2.75) is 55.4 Å². The van der Waals surface area contributed by atoms with Crippen molar-refractivity contribution in [2.75, 3.05) is 78.0 Å². The van der Waals surface area contributed by atoms with Gasteiger partial charge in [0.2, 0.25) is 0 Å². The van der Waals surface area contributed by atoms with E-state index in [0.29, 0.717) is 0 Å². The van der Waals surface area contributed by atoms with Gasteiger partial charge in [0.25, 0.3) is 0 Å². The molecule has 0 radical (unpaired) electrons. The molecule has 0 atom stereocenters. The summed E-state index contributed by atoms with van der Waals surface area (Å²) in [6, 6.07) is -0.955. The van der Waals surface area contributed by atoms with Crippen molar-refractivity contribution in [3.05, 3.63) is 0 Å². The Hall–Kier alpha value is -0.130. The maximum absolute atomic E-state index is 14.3. The summed E-state index contributed by atoms with van der Waals surface area (Å²) in [4.78, 5) is 16.2. The van der Waals surface area contributed by atoms with Gasteiger partial charge in [0.1, 0.15) is 25.1 Å². The normalized spacial score (nSPS) is 29.3. The summed E-state index contributed by atoms with van der Waals surface area (Å²) in [7, 11) is -15.7. The van der Waals surface area contributed by atoms with E-state index in [0.717, 1.165) is 9.80 Å². The molecule has 4 aliphatic rings. The second-order valence-corrected chi connectivity index (χ2v) is 23.3. The predicted octanol–water partition coefficient (Wildman–Crippen LogP) is 6.60. The first-order valence-electron chi connectivity index (χ1n) is 14.5. The van der Waals surface area contributed by atoms with Crippen LogP contribution in [-0.4, -0.2) is 93.8 Å². The van der Waals surface area contributed by atoms with Crippen LogP contribution in [-0.2, 0) is 54.5 Å². The Morgan fingerprint density at radius 3 is 0.750 bits per heavy atom. The van der Waals surface area contributed by atoms with Crippen LogP contribution in [0.25, 0.3) is 0 Å². The molecule has 0 aromatic heterocycles. The van der Waals surface area contributed by atoms with Gasteiger partial charge in [-0.05, 0) is 0 Å². The highest BCUT2D eigenvalue weighted by Gasteiger charge is 2.48. The lowest BCUT2D eigenvalue weighted by Crippen LogP contribution is -2.47. The minimum absolute atomic E-state index is 0.0915. The summed E-state index contributed by atoms with van der Waals surface area (Å²) in [6.45, 7) is 15.7. The molecule has 0 bridgehead atoms. The van der Waals surface area contributed by atoms with Gasteiger partial charge in [0, 0.05) is 21.7 Å². The van der Waals surface area contributed by atoms with Gasteiger partial charge in [-0.3, -0.25) is 18.3 Å². The third-order valence-corrected chi connectivity index (χ3v) is 14.1. The van der Waals surface area contributed by atoms with Gasteiger partial charge < -0.3 is 46.0 Å². The van der Waals surface area contributed by atoms with E-state index in [1.807, 2.05) is 55.4 Å². The molecule has 4 fully saturated rings. The highest BCUT2D eigenvalue weighted by molar-refractivity contribution is 7.55. The Morgan fingerprint density at radius 1 is 0.432 bits per heavy atom. The molecule has 256 valence electrons. The second-order valence-electron chi connectivity index (χ2n) is 15.2. The van der Waals surface area contributed by atoms with Crippen molar-refractivity contribution in [3.8, 4) is 0 Å². The fraction of sp³-hybridized carbons (Fsp3) is 0.960. The van der Waals surface area contributed by atoms with Crippen LogP contribution in [0.4, 0.5) is 4.79 Å². The molecule has 4 saturated heterocycles. The molecular weight excluding hydrogens is 660 g/mol. The molecular formula is C25H48N2O13P4. The molecule has 4 rings (SSSR count). The number of carbonyl (C=O) groups excluding carboxylic acids is 1. The number of carbonyl (C=O) groups is 1. The summed E-state index contributed by atoms with van der Waals surface area (Å²) in [5, 5.41) is 0. The number of urea groups is 1. The second kappa shape index (κ2) is 12.7. The summed E-state index contributed by atoms with van der Waals surface area (Å²) in [5.74, 6) is 0. The summed E-state index contributed by atoms with van der Waals surface area (Å²) >= 11 is 0. The maximum Gasteiger partial charge on any atom is 0.349 e. The lowest BCUT2D eigenvalue weighted by Gasteiger charge is -2.41. The Morgan fingerprint density at radius 2 is 0.591 bits per heavy atom. The fourth-order valence-electron chi connectivity index (χ4n) is 4.19. The van der Waals surface area contributed by atoms with E-state index in [9.17, 15) is 23.1 Å². The lowest BCUT2D eigenvalue weighted by molar-refractivity contribution is 0.0282. The average Bonchev–Trinajstić information content (AvgIpc) is 2.91. The van der Waals surface area contributed by atoms with E-state index >= 15 is 0 Å². The number of amides is 2. The first-order valence-corrected chi connectivity index (χ1v) is 21.4. The molecule has 4 heterocycles. The SMILES string of the molecule is CC1(C)COP(=O)(CN(CP2(=O)OCC(C)(C)CO2)C(=O)N(CP2(=O)OCC(C)(C)CO2)CP2(=O)OCC(C)(C)CO2)OC1. The minimum atomic E-state index is -3.94. The third-order valence-electron chi connectivity index (χ3n) is 7.13. The quantitative estimate of drug-likeness (QED) is 0.248. The van der Waals surface area contributed by atoms with E-state index in [-0.39, 0.29) is 52.9 Å². The van der Waals surface area contributed by atoms with Crippen molar-refractivity contribution in [1.82, 2.24) is 9.80 Å². The van der Waals surface area contributed by atoms with Crippen LogP contribution in [0, 0.1) is 21.7 Å². The van der Waals surface area contributed by atoms with Gasteiger partial charge >= 0.3 is 36.4 Å². The van der Waals surface area contributed by atoms with Crippen LogP contribution in [0.3, 0.4) is 0 Å². The molecule has 0 N–H and O–H groups in total. The number of hydrogen-bond acceptors (Lipinski definition) is 13. The Labute approximate surface area is 260 Å². The molecule has 0 aliphatic carbocycles. The lowest BCUT2D eigenvalue weighted by atomic mass is 9.97. The highest BCUT2D eigenvalue weighted by atomic mass is 31.2. The molecule has 44 heavy (non-hydrogen) atoms. The van der Waals surface area contributed by atoms with Gasteiger partial charge in [-0.2, -0.15) is 0 Å². The van der Waals surface area contributed by atoms with E-state index in [1.54, 1.807) is 0 Å². The number of nitrogens with zero attached hydrogens (tertiary/aromatic N) is 2. The monoisotopic (exact) mass is 708 g/mol. The van der Waals surface area contributed by atoms with Crippen LogP contribution >= 0.6 is 30.4 Å². The van der Waals surface area contributed by atoms with Gasteiger partial charge in [-0.1, -0.05) is 55.4 Å². The van der Waals surface area contributed by atoms with Crippen LogP contribution < -0.4 is 0 Å². The predicted molar refractivity (Wildman–Crippen MR) is 162 cm³/mol. The van der Waals surface area contributed by atoms with Gasteiger partial charge in [-0.15, -0.1) is 0 Å². The van der Waals surface area contributed by atoms with Crippen molar-refractivity contribution in [1.29, 1.82) is 0 Å². The Kier molecular flexibility index (Phi) is 10.6. The van der Waals surface area contributed by atoms with E-state index in [2.05, 4.69) is 0 Å². The van der Waals surface area contributed by atoms with Crippen LogP contribution in [0.5, 0.6) is 0 Å². The first kappa shape index (κ1) is 36.7. The molecule has 0 spiro atoms. The Bertz CT molecular complexity index is 1050. The summed E-state index contributed by atoms with van der Waals surface area (Å²) in [5.41, 5.74) is -1.69. The largest absolute Gasteiger partial charge is 0.349 e. The topological polar surface area (TPSA) is 166 Å². The zero-order valence-electron chi connectivity index (χ0n) is 27.0. The summed E-state index contributed by atoms with van der Waals surface area (Å²) < 4.78 is 99.9. The summed E-state index contributed by atoms with van der Waals surface area (Å²) in [6.07, 6.45) is -2.51. The van der Waals surface area contributed by atoms with Crippen LogP contribution in [0.15, 0.2) is 0 Å². The first-order chi connectivity index (χ1) is 19.9. The molecule has 15 nitrogen and oxygen atoms in total. The molecule has 19 heteroatoms. The van der Waals surface area contributed by atoms with Gasteiger partial charge in [-0.25, -0.2) is 4.79 Å². The smallest absolute Gasteiger partial charge is 0.307 e. The van der Waals surface area contributed by atoms with E-state index < -0.39 is 83.2 Å². The van der Waals surface area contributed by atoms with Crippen LogP contribution in [0.1, 0.15) is 55.4 Å². The number of rotatable bonds is 8. The van der Waals surface area contributed by atoms with Gasteiger partial charge in [0.05, 0.1) is 52.9 Å². The average molecular weight is 709 g/mol. The zero-order chi connectivity index (χ0) is 32.9. The fourth-order valence-corrected chi connectivity index (χ4v) is 12.4. The molecule has 4 aliphatic heterocycles. The minimum Gasteiger partial charge on any atom is -0.307 e. The third kappa shape index (κ3) is 9.94. The molecule has 0 saturated carbocycles. The molecule has 0 aromatic rings. The zero-order valence-corrected chi connectivity index (χ0v) is 30.6. The highest BCUT2D eigenvalue weighted by Crippen LogP contribution is 2.60. The van der Waals surface area contributed by atoms with Crippen LogP contribution in [0.2, 0.25) is 0 Å². The standard InChI is InChI=1S/C25H48N2O13P4/c1-22(2)9-33-41(29,34-10-22)17-26(18-42(30)35-11-23(3,4)12-36-42)21(28)27(19-43(31)37-13-24(5,6)14-38-43)20-44(32)39-15-25(7,8)16-40-44/h9-20H2,1-8H3. The van der Waals surface area contributed by atoms with E-state index in [1.165, 1.54) is 0 Å². The molecule has 0 aromatic carbocycles. The maximum atomic E-state index is 14.3. The van der Waals surface area contributed by atoms with Crippen molar-refractivity contribution < 1.29 is 59.2 Å².